The predicted molar refractivity (Wildman–Crippen MR) is 47.9 cm³/mol. The van der Waals surface area contributed by atoms with Gasteiger partial charge in [-0.2, -0.15) is 10.3 Å². The summed E-state index contributed by atoms with van der Waals surface area (Å²) in [7, 11) is 0. The van der Waals surface area contributed by atoms with Crippen LogP contribution in [0.25, 0.3) is 0 Å². The number of nitriles is 1. The monoisotopic (exact) mass is 210 g/mol. The van der Waals surface area contributed by atoms with Gasteiger partial charge in [0.2, 0.25) is 6.08 Å². The lowest BCUT2D eigenvalue weighted by molar-refractivity contribution is 0.559. The Balaban J connectivity index is 3.18. The van der Waals surface area contributed by atoms with Crippen LogP contribution >= 0.6 is 11.6 Å². The van der Waals surface area contributed by atoms with Crippen LogP contribution < -0.4 is 0 Å². The van der Waals surface area contributed by atoms with E-state index in [1.807, 2.05) is 0 Å². The molecular formula is C9H4ClFN2O. The lowest BCUT2D eigenvalue weighted by Crippen LogP contribution is -1.95. The first-order valence-corrected chi connectivity index (χ1v) is 3.98. The molecule has 0 amide bonds. The molecule has 14 heavy (non-hydrogen) atoms. The minimum absolute atomic E-state index is 0.0141. The number of hydrogen-bond acceptors (Lipinski definition) is 3. The van der Waals surface area contributed by atoms with Crippen LogP contribution in [0.5, 0.6) is 0 Å². The molecule has 1 atom stereocenters. The van der Waals surface area contributed by atoms with Crippen molar-refractivity contribution in [2.24, 2.45) is 4.99 Å². The summed E-state index contributed by atoms with van der Waals surface area (Å²) in [5.41, 5.74) is 0.0141. The molecule has 1 unspecified atom stereocenters. The van der Waals surface area contributed by atoms with E-state index in [4.69, 9.17) is 16.9 Å². The van der Waals surface area contributed by atoms with E-state index in [1.165, 1.54) is 18.2 Å². The second kappa shape index (κ2) is 4.52. The van der Waals surface area contributed by atoms with Gasteiger partial charge in [-0.15, -0.1) is 0 Å². The molecule has 0 fully saturated rings. The van der Waals surface area contributed by atoms with Crippen LogP contribution in [0.1, 0.15) is 11.6 Å². The summed E-state index contributed by atoms with van der Waals surface area (Å²) in [5.74, 6) is -0.664. The van der Waals surface area contributed by atoms with Gasteiger partial charge in [-0.05, 0) is 12.1 Å². The van der Waals surface area contributed by atoms with Crippen LogP contribution in [-0.2, 0) is 4.79 Å². The van der Waals surface area contributed by atoms with E-state index in [9.17, 15) is 9.18 Å². The number of nitrogens with zero attached hydrogens (tertiary/aromatic N) is 2. The highest BCUT2D eigenvalue weighted by Gasteiger charge is 2.13. The van der Waals surface area contributed by atoms with Gasteiger partial charge in [0.15, 0.2) is 6.04 Å². The van der Waals surface area contributed by atoms with Crippen molar-refractivity contribution in [1.29, 1.82) is 5.26 Å². The number of benzene rings is 1. The molecule has 0 radical (unpaired) electrons. The van der Waals surface area contributed by atoms with Gasteiger partial charge in [0.25, 0.3) is 0 Å². The van der Waals surface area contributed by atoms with Crippen LogP contribution in [0.2, 0.25) is 5.02 Å². The van der Waals surface area contributed by atoms with Gasteiger partial charge >= 0.3 is 0 Å². The second-order valence-corrected chi connectivity index (χ2v) is 2.85. The van der Waals surface area contributed by atoms with Crippen molar-refractivity contribution in [2.45, 2.75) is 6.04 Å². The molecule has 0 saturated heterocycles. The fourth-order valence-corrected chi connectivity index (χ4v) is 1.10. The van der Waals surface area contributed by atoms with Crippen molar-refractivity contribution < 1.29 is 9.18 Å². The fourth-order valence-electron chi connectivity index (χ4n) is 0.944. The van der Waals surface area contributed by atoms with Gasteiger partial charge in [0.1, 0.15) is 5.82 Å². The highest BCUT2D eigenvalue weighted by atomic mass is 35.5. The minimum atomic E-state index is -1.16. The van der Waals surface area contributed by atoms with E-state index in [1.54, 1.807) is 6.07 Å². The van der Waals surface area contributed by atoms with Gasteiger partial charge in [-0.1, -0.05) is 17.7 Å². The third-order valence-corrected chi connectivity index (χ3v) is 1.80. The van der Waals surface area contributed by atoms with E-state index < -0.39 is 11.9 Å². The Labute approximate surface area is 84.4 Å². The summed E-state index contributed by atoms with van der Waals surface area (Å²) in [5, 5.41) is 8.80. The Morgan fingerprint density at radius 2 is 2.29 bits per heavy atom. The van der Waals surface area contributed by atoms with Gasteiger partial charge < -0.3 is 0 Å². The second-order valence-electron chi connectivity index (χ2n) is 2.42. The van der Waals surface area contributed by atoms with Crippen molar-refractivity contribution in [2.75, 3.05) is 0 Å². The summed E-state index contributed by atoms with van der Waals surface area (Å²) in [4.78, 5) is 13.1. The van der Waals surface area contributed by atoms with Crippen molar-refractivity contribution in [3.8, 4) is 6.07 Å². The zero-order valence-electron chi connectivity index (χ0n) is 6.87. The summed E-state index contributed by atoms with van der Waals surface area (Å²) in [6.07, 6.45) is 1.21. The Kier molecular flexibility index (Phi) is 3.35. The van der Waals surface area contributed by atoms with E-state index in [2.05, 4.69) is 4.99 Å². The molecule has 1 aromatic rings. The molecule has 0 aliphatic heterocycles. The summed E-state index contributed by atoms with van der Waals surface area (Å²) >= 11 is 5.51. The van der Waals surface area contributed by atoms with Crippen molar-refractivity contribution >= 4 is 17.7 Å². The number of halogens is 2. The Bertz CT molecular complexity index is 435. The average molecular weight is 211 g/mol. The first-order valence-electron chi connectivity index (χ1n) is 3.60. The zero-order valence-corrected chi connectivity index (χ0v) is 7.62. The molecule has 0 bridgehead atoms. The van der Waals surface area contributed by atoms with Crippen LogP contribution in [0.15, 0.2) is 23.2 Å². The summed E-state index contributed by atoms with van der Waals surface area (Å²) in [6, 6.07) is 4.30. The number of isocyanates is 1. The van der Waals surface area contributed by atoms with Crippen molar-refractivity contribution in [3.63, 3.8) is 0 Å². The van der Waals surface area contributed by atoms with E-state index in [0.29, 0.717) is 0 Å². The van der Waals surface area contributed by atoms with Gasteiger partial charge in [0, 0.05) is 10.6 Å². The van der Waals surface area contributed by atoms with Crippen LogP contribution in [-0.4, -0.2) is 6.08 Å². The molecule has 0 aliphatic carbocycles. The molecule has 0 heterocycles. The molecule has 0 aliphatic rings. The minimum Gasteiger partial charge on any atom is -0.211 e. The van der Waals surface area contributed by atoms with Gasteiger partial charge in [-0.3, -0.25) is 0 Å². The largest absolute Gasteiger partial charge is 0.236 e. The molecule has 1 aromatic carbocycles. The van der Waals surface area contributed by atoms with E-state index in [0.717, 1.165) is 6.07 Å². The standard InChI is InChI=1S/C9H4ClFN2O/c10-6-1-2-7(8(11)3-6)9(4-12)13-5-14/h1-3,9H. The zero-order chi connectivity index (χ0) is 10.6. The number of aliphatic imine (C=N–C) groups is 1. The third kappa shape index (κ3) is 2.17. The molecule has 0 aromatic heterocycles. The predicted octanol–water partition coefficient (Wildman–Crippen LogP) is 2.38. The topological polar surface area (TPSA) is 53.2 Å². The summed E-state index contributed by atoms with van der Waals surface area (Å²) < 4.78 is 13.2. The average Bonchev–Trinajstić information content (AvgIpc) is 2.15. The maximum absolute atomic E-state index is 13.2. The van der Waals surface area contributed by atoms with E-state index in [-0.39, 0.29) is 10.6 Å². The Morgan fingerprint density at radius 1 is 1.57 bits per heavy atom. The van der Waals surface area contributed by atoms with Crippen LogP contribution in [0.3, 0.4) is 0 Å². The maximum atomic E-state index is 13.2. The summed E-state index contributed by atoms with van der Waals surface area (Å²) in [6.45, 7) is 0. The van der Waals surface area contributed by atoms with Crippen LogP contribution in [0, 0.1) is 17.1 Å². The first kappa shape index (κ1) is 10.4. The normalized spacial score (nSPS) is 11.2. The Hall–Kier alpha value is -1.69. The SMILES string of the molecule is N#CC(N=C=O)c1ccc(Cl)cc1F. The number of rotatable bonds is 2. The lowest BCUT2D eigenvalue weighted by Gasteiger charge is -2.03. The smallest absolute Gasteiger partial charge is 0.211 e. The van der Waals surface area contributed by atoms with Crippen molar-refractivity contribution in [1.82, 2.24) is 0 Å². The molecule has 0 saturated carbocycles. The van der Waals surface area contributed by atoms with Gasteiger partial charge in [0.05, 0.1) is 6.07 Å². The van der Waals surface area contributed by atoms with Crippen LogP contribution in [0.4, 0.5) is 4.39 Å². The highest BCUT2D eigenvalue weighted by molar-refractivity contribution is 6.30. The van der Waals surface area contributed by atoms with Crippen molar-refractivity contribution in [3.05, 3.63) is 34.6 Å². The third-order valence-electron chi connectivity index (χ3n) is 1.56. The highest BCUT2D eigenvalue weighted by Crippen LogP contribution is 2.22. The maximum Gasteiger partial charge on any atom is 0.236 e. The quantitative estimate of drug-likeness (QED) is 0.556. The Morgan fingerprint density at radius 3 is 2.79 bits per heavy atom. The number of hydrogen-bond donors (Lipinski definition) is 0. The molecule has 3 nitrogen and oxygen atoms in total. The van der Waals surface area contributed by atoms with E-state index >= 15 is 0 Å². The molecule has 1 rings (SSSR count). The molecule has 70 valence electrons. The van der Waals surface area contributed by atoms with Gasteiger partial charge in [-0.25, -0.2) is 9.18 Å². The molecule has 0 spiro atoms. The number of carbonyl (C=O) groups excluding carboxylic acids is 1. The lowest BCUT2D eigenvalue weighted by atomic mass is 10.1. The molecule has 0 N–H and O–H groups in total. The first-order chi connectivity index (χ1) is 6.69. The molecule has 5 heteroatoms. The molecular weight excluding hydrogens is 207 g/mol. The fraction of sp³-hybridized carbons (Fsp3) is 0.111.